The summed E-state index contributed by atoms with van der Waals surface area (Å²) in [4.78, 5) is 51.6. The molecule has 47 heavy (non-hydrogen) atoms. The lowest BCUT2D eigenvalue weighted by atomic mass is 10.1. The molecule has 0 aliphatic heterocycles. The molecule has 2 amide bonds. The zero-order valence-corrected chi connectivity index (χ0v) is 26.8. The quantitative estimate of drug-likeness (QED) is 0.190. The molecule has 0 fully saturated rings. The first-order valence-corrected chi connectivity index (χ1v) is 14.4. The van der Waals surface area contributed by atoms with Crippen molar-refractivity contribution in [3.8, 4) is 34.3 Å². The van der Waals surface area contributed by atoms with Crippen molar-refractivity contribution in [1.82, 2.24) is 5.32 Å². The van der Waals surface area contributed by atoms with Gasteiger partial charge in [-0.05, 0) is 45.0 Å². The highest BCUT2D eigenvalue weighted by molar-refractivity contribution is 6.06. The summed E-state index contributed by atoms with van der Waals surface area (Å²) < 4.78 is 33.3. The van der Waals surface area contributed by atoms with Crippen molar-refractivity contribution in [2.75, 3.05) is 39.9 Å². The smallest absolute Gasteiger partial charge is 0.331 e. The van der Waals surface area contributed by atoms with Crippen LogP contribution in [0, 0.1) is 0 Å². The van der Waals surface area contributed by atoms with E-state index < -0.39 is 48.1 Å². The summed E-state index contributed by atoms with van der Waals surface area (Å²) in [6.45, 7) is 3.59. The fourth-order valence-electron chi connectivity index (χ4n) is 4.58. The van der Waals surface area contributed by atoms with Gasteiger partial charge in [-0.1, -0.05) is 24.3 Å². The number of anilines is 1. The zero-order valence-electron chi connectivity index (χ0n) is 26.8. The molecule has 0 aliphatic carbocycles. The third-order valence-electron chi connectivity index (χ3n) is 6.63. The first kappa shape index (κ1) is 34.3. The Morgan fingerprint density at radius 3 is 2.28 bits per heavy atom. The average Bonchev–Trinajstić information content (AvgIpc) is 3.04. The molecule has 0 bridgehead atoms. The molecule has 3 aromatic carbocycles. The van der Waals surface area contributed by atoms with Crippen LogP contribution in [0.2, 0.25) is 0 Å². The maximum Gasteiger partial charge on any atom is 0.331 e. The maximum absolute atomic E-state index is 13.6. The molecule has 13 nitrogen and oxygen atoms in total. The number of hydrogen-bond donors (Lipinski definition) is 3. The molecule has 0 saturated carbocycles. The Balaban J connectivity index is 1.64. The van der Waals surface area contributed by atoms with Crippen molar-refractivity contribution in [3.05, 3.63) is 76.5 Å². The van der Waals surface area contributed by atoms with Gasteiger partial charge >= 0.3 is 5.97 Å². The van der Waals surface area contributed by atoms with Crippen molar-refractivity contribution in [2.24, 2.45) is 0 Å². The number of nitrogens with one attached hydrogen (secondary N) is 2. The van der Waals surface area contributed by atoms with Crippen LogP contribution >= 0.6 is 0 Å². The molecule has 0 saturated heterocycles. The molecule has 3 N–H and O–H groups in total. The molecular formula is C34H36N2O11. The van der Waals surface area contributed by atoms with E-state index in [0.29, 0.717) is 22.6 Å². The molecule has 1 aromatic heterocycles. The summed E-state index contributed by atoms with van der Waals surface area (Å²) in [6, 6.07) is 14.9. The Hall–Kier alpha value is -5.56. The van der Waals surface area contributed by atoms with Crippen molar-refractivity contribution < 1.29 is 47.6 Å². The van der Waals surface area contributed by atoms with Gasteiger partial charge in [0.2, 0.25) is 5.75 Å². The fourth-order valence-corrected chi connectivity index (χ4v) is 4.58. The first-order chi connectivity index (χ1) is 22.4. The molecule has 248 valence electrons. The lowest BCUT2D eigenvalue weighted by Crippen LogP contribution is -2.47. The van der Waals surface area contributed by atoms with Gasteiger partial charge in [-0.2, -0.15) is 0 Å². The number of carbonyl (C=O) groups is 3. The van der Waals surface area contributed by atoms with Gasteiger partial charge in [-0.15, -0.1) is 0 Å². The second kappa shape index (κ2) is 14.7. The molecule has 0 unspecified atom stereocenters. The number of fused-ring (bicyclic) bond motifs is 1. The average molecular weight is 649 g/mol. The van der Waals surface area contributed by atoms with E-state index in [1.807, 2.05) is 0 Å². The van der Waals surface area contributed by atoms with Crippen LogP contribution in [-0.2, 0) is 14.3 Å². The van der Waals surface area contributed by atoms with E-state index in [9.17, 15) is 24.3 Å². The van der Waals surface area contributed by atoms with E-state index in [0.717, 1.165) is 0 Å². The van der Waals surface area contributed by atoms with E-state index in [1.165, 1.54) is 33.5 Å². The molecule has 0 spiro atoms. The molecule has 0 aliphatic rings. The predicted octanol–water partition coefficient (Wildman–Crippen LogP) is 3.94. The third-order valence-corrected chi connectivity index (χ3v) is 6.63. The molecule has 1 heterocycles. The summed E-state index contributed by atoms with van der Waals surface area (Å²) in [5.41, 5.74) is -0.0331. The standard InChI is InChI=1S/C34H36N2O11/c1-34(2,3)47-33(41)22(17-37)36-28(39)18-45-31-29-23(38)15-25(46-26(29)16-27(43-5)30(31)44-6)19-10-9-11-20(14-19)35-32(40)21-12-7-8-13-24(21)42-4/h7-16,22,37H,17-18H2,1-6H3,(H,35,40)(H,36,39)/t22-/m0/s1. The number of para-hydroxylation sites is 1. The SMILES string of the molecule is COc1ccccc1C(=O)Nc1cccc(-c2cc(=O)c3c(OCC(=O)N[C@@H](CO)C(=O)OC(C)(C)C)c(OC)c(OC)cc3o2)c1. The number of esters is 1. The minimum atomic E-state index is -1.34. The number of aliphatic hydroxyl groups excluding tert-OH is 1. The second-order valence-corrected chi connectivity index (χ2v) is 11.1. The molecule has 0 radical (unpaired) electrons. The van der Waals surface area contributed by atoms with Gasteiger partial charge in [0.25, 0.3) is 11.8 Å². The minimum Gasteiger partial charge on any atom is -0.496 e. The fraction of sp³-hybridized carbons (Fsp3) is 0.294. The molecular weight excluding hydrogens is 612 g/mol. The Morgan fingerprint density at radius 1 is 0.894 bits per heavy atom. The number of aliphatic hydroxyl groups is 1. The van der Waals surface area contributed by atoms with E-state index in [1.54, 1.807) is 69.3 Å². The van der Waals surface area contributed by atoms with E-state index in [-0.39, 0.29) is 34.0 Å². The van der Waals surface area contributed by atoms with Crippen LogP contribution < -0.4 is 35.0 Å². The third kappa shape index (κ3) is 8.19. The number of rotatable bonds is 12. The minimum absolute atomic E-state index is 0.0275. The highest BCUT2D eigenvalue weighted by Crippen LogP contribution is 2.43. The van der Waals surface area contributed by atoms with Gasteiger partial charge in [0.05, 0.1) is 33.5 Å². The summed E-state index contributed by atoms with van der Waals surface area (Å²) in [6.07, 6.45) is 0. The van der Waals surface area contributed by atoms with Crippen molar-refractivity contribution in [2.45, 2.75) is 32.4 Å². The highest BCUT2D eigenvalue weighted by Gasteiger charge is 2.27. The number of hydrogen-bond acceptors (Lipinski definition) is 11. The Morgan fingerprint density at radius 2 is 1.62 bits per heavy atom. The molecule has 4 aromatic rings. The van der Waals surface area contributed by atoms with E-state index >= 15 is 0 Å². The summed E-state index contributed by atoms with van der Waals surface area (Å²) in [5.74, 6) is -1.36. The van der Waals surface area contributed by atoms with E-state index in [2.05, 4.69) is 10.6 Å². The first-order valence-electron chi connectivity index (χ1n) is 14.4. The normalized spacial score (nSPS) is 11.7. The Bertz CT molecular complexity index is 1840. The summed E-state index contributed by atoms with van der Waals surface area (Å²) in [5, 5.41) is 14.8. The van der Waals surface area contributed by atoms with Crippen LogP contribution in [0.3, 0.4) is 0 Å². The number of benzene rings is 3. The monoisotopic (exact) mass is 648 g/mol. The van der Waals surface area contributed by atoms with Crippen LogP contribution in [-0.4, -0.2) is 69.1 Å². The number of carbonyl (C=O) groups excluding carboxylic acids is 3. The van der Waals surface area contributed by atoms with Gasteiger partial charge in [-0.25, -0.2) is 4.79 Å². The molecule has 4 rings (SSSR count). The van der Waals surface area contributed by atoms with Gasteiger partial charge in [0, 0.05) is 23.4 Å². The lowest BCUT2D eigenvalue weighted by molar-refractivity contribution is -0.159. The van der Waals surface area contributed by atoms with Crippen LogP contribution in [0.4, 0.5) is 5.69 Å². The maximum atomic E-state index is 13.6. The highest BCUT2D eigenvalue weighted by atomic mass is 16.6. The van der Waals surface area contributed by atoms with Crippen LogP contribution in [0.5, 0.6) is 23.0 Å². The van der Waals surface area contributed by atoms with Crippen molar-refractivity contribution in [1.29, 1.82) is 0 Å². The van der Waals surface area contributed by atoms with E-state index in [4.69, 9.17) is 28.1 Å². The predicted molar refractivity (Wildman–Crippen MR) is 172 cm³/mol. The van der Waals surface area contributed by atoms with Gasteiger partial charge in [0.15, 0.2) is 29.6 Å². The number of amides is 2. The Kier molecular flexibility index (Phi) is 10.7. The largest absolute Gasteiger partial charge is 0.496 e. The number of ether oxygens (including phenoxy) is 5. The van der Waals surface area contributed by atoms with Crippen LogP contribution in [0.15, 0.2) is 69.9 Å². The van der Waals surface area contributed by atoms with Crippen molar-refractivity contribution in [3.63, 3.8) is 0 Å². The zero-order chi connectivity index (χ0) is 34.3. The van der Waals surface area contributed by atoms with Gasteiger partial charge in [0.1, 0.15) is 28.1 Å². The topological polar surface area (TPSA) is 172 Å². The molecule has 13 heteroatoms. The lowest BCUT2D eigenvalue weighted by Gasteiger charge is -2.23. The van der Waals surface area contributed by atoms with Crippen molar-refractivity contribution >= 4 is 34.4 Å². The van der Waals surface area contributed by atoms with Gasteiger partial charge in [-0.3, -0.25) is 14.4 Å². The number of methoxy groups -OCH3 is 3. The Labute approximate surface area is 270 Å². The summed E-state index contributed by atoms with van der Waals surface area (Å²) >= 11 is 0. The van der Waals surface area contributed by atoms with Crippen LogP contribution in [0.25, 0.3) is 22.3 Å². The van der Waals surface area contributed by atoms with Gasteiger partial charge < -0.3 is 43.8 Å². The summed E-state index contributed by atoms with van der Waals surface area (Å²) in [7, 11) is 4.19. The molecule has 1 atom stereocenters. The second-order valence-electron chi connectivity index (χ2n) is 11.1. The van der Waals surface area contributed by atoms with Crippen LogP contribution in [0.1, 0.15) is 31.1 Å².